The SMILES string of the molecule is O=C(C1CCNCC1)N1CCC(CCCN2CCCC2)CC1. The molecule has 0 aromatic heterocycles. The van der Waals surface area contributed by atoms with Crippen LogP contribution in [0.4, 0.5) is 0 Å². The normalized spacial score (nSPS) is 25.7. The Morgan fingerprint density at radius 3 is 2.32 bits per heavy atom. The maximum Gasteiger partial charge on any atom is 0.225 e. The first-order valence-corrected chi connectivity index (χ1v) is 9.55. The summed E-state index contributed by atoms with van der Waals surface area (Å²) >= 11 is 0. The summed E-state index contributed by atoms with van der Waals surface area (Å²) < 4.78 is 0. The quantitative estimate of drug-likeness (QED) is 0.845. The van der Waals surface area contributed by atoms with Gasteiger partial charge in [-0.25, -0.2) is 0 Å². The van der Waals surface area contributed by atoms with Gasteiger partial charge in [0.15, 0.2) is 0 Å². The van der Waals surface area contributed by atoms with Crippen molar-refractivity contribution in [3.05, 3.63) is 0 Å². The van der Waals surface area contributed by atoms with Crippen molar-refractivity contribution in [1.82, 2.24) is 15.1 Å². The number of rotatable bonds is 5. The lowest BCUT2D eigenvalue weighted by Crippen LogP contribution is -2.44. The van der Waals surface area contributed by atoms with Crippen LogP contribution in [-0.4, -0.2) is 61.5 Å². The number of likely N-dealkylation sites (tertiary alicyclic amines) is 2. The van der Waals surface area contributed by atoms with Gasteiger partial charge in [-0.3, -0.25) is 4.79 Å². The van der Waals surface area contributed by atoms with Gasteiger partial charge in [-0.1, -0.05) is 0 Å². The van der Waals surface area contributed by atoms with Crippen LogP contribution in [0, 0.1) is 11.8 Å². The highest BCUT2D eigenvalue weighted by Crippen LogP contribution is 2.25. The molecule has 0 bridgehead atoms. The van der Waals surface area contributed by atoms with Crippen LogP contribution in [0.3, 0.4) is 0 Å². The molecule has 0 aliphatic carbocycles. The standard InChI is InChI=1S/C18H33N3O/c22-18(17-5-9-19-10-6-17)21-14-7-16(8-15-21)4-3-13-20-11-1-2-12-20/h16-17,19H,1-15H2. The number of amides is 1. The lowest BCUT2D eigenvalue weighted by molar-refractivity contribution is -0.137. The average Bonchev–Trinajstić information content (AvgIpc) is 3.09. The minimum absolute atomic E-state index is 0.299. The molecule has 3 saturated heterocycles. The van der Waals surface area contributed by atoms with E-state index in [1.54, 1.807) is 0 Å². The second-order valence-corrected chi connectivity index (χ2v) is 7.48. The molecule has 126 valence electrons. The fourth-order valence-electron chi connectivity index (χ4n) is 4.38. The first-order valence-electron chi connectivity index (χ1n) is 9.55. The van der Waals surface area contributed by atoms with E-state index in [0.717, 1.165) is 44.9 Å². The molecule has 0 unspecified atom stereocenters. The maximum atomic E-state index is 12.5. The van der Waals surface area contributed by atoms with Crippen molar-refractivity contribution in [2.75, 3.05) is 45.8 Å². The summed E-state index contributed by atoms with van der Waals surface area (Å²) in [5.41, 5.74) is 0. The van der Waals surface area contributed by atoms with E-state index in [2.05, 4.69) is 15.1 Å². The van der Waals surface area contributed by atoms with Gasteiger partial charge in [-0.05, 0) is 90.0 Å². The van der Waals surface area contributed by atoms with Crippen LogP contribution in [0.5, 0.6) is 0 Å². The summed E-state index contributed by atoms with van der Waals surface area (Å²) in [4.78, 5) is 17.3. The Morgan fingerprint density at radius 2 is 1.64 bits per heavy atom. The fourth-order valence-corrected chi connectivity index (χ4v) is 4.38. The third-order valence-corrected chi connectivity index (χ3v) is 5.90. The Hall–Kier alpha value is -0.610. The summed E-state index contributed by atoms with van der Waals surface area (Å²) in [6, 6.07) is 0. The second kappa shape index (κ2) is 8.30. The number of carbonyl (C=O) groups is 1. The molecule has 4 heteroatoms. The molecule has 3 heterocycles. The number of nitrogens with zero attached hydrogens (tertiary/aromatic N) is 2. The van der Waals surface area contributed by atoms with Gasteiger partial charge < -0.3 is 15.1 Å². The first-order chi connectivity index (χ1) is 10.8. The van der Waals surface area contributed by atoms with E-state index in [9.17, 15) is 4.79 Å². The fraction of sp³-hybridized carbons (Fsp3) is 0.944. The van der Waals surface area contributed by atoms with Crippen molar-refractivity contribution in [1.29, 1.82) is 0 Å². The molecule has 1 N–H and O–H groups in total. The lowest BCUT2D eigenvalue weighted by Gasteiger charge is -2.35. The number of nitrogens with one attached hydrogen (secondary N) is 1. The molecule has 22 heavy (non-hydrogen) atoms. The van der Waals surface area contributed by atoms with Crippen molar-refractivity contribution >= 4 is 5.91 Å². The smallest absolute Gasteiger partial charge is 0.225 e. The van der Waals surface area contributed by atoms with Crippen LogP contribution in [0.15, 0.2) is 0 Å². The molecular formula is C18H33N3O. The summed E-state index contributed by atoms with van der Waals surface area (Å²) in [6.45, 7) is 8.00. The molecule has 0 aromatic rings. The number of piperidine rings is 2. The molecule has 0 aromatic carbocycles. The number of carbonyl (C=O) groups excluding carboxylic acids is 1. The number of hydrogen-bond donors (Lipinski definition) is 1. The van der Waals surface area contributed by atoms with Crippen LogP contribution in [-0.2, 0) is 4.79 Å². The van der Waals surface area contributed by atoms with Crippen LogP contribution in [0.1, 0.15) is 51.4 Å². The van der Waals surface area contributed by atoms with E-state index in [0.29, 0.717) is 11.8 Å². The van der Waals surface area contributed by atoms with Crippen LogP contribution >= 0.6 is 0 Å². The molecule has 3 aliphatic rings. The Morgan fingerprint density at radius 1 is 0.955 bits per heavy atom. The van der Waals surface area contributed by atoms with Crippen molar-refractivity contribution in [2.24, 2.45) is 11.8 Å². The van der Waals surface area contributed by atoms with E-state index in [1.165, 1.54) is 58.2 Å². The molecule has 1 amide bonds. The van der Waals surface area contributed by atoms with Crippen molar-refractivity contribution in [2.45, 2.75) is 51.4 Å². The zero-order valence-electron chi connectivity index (χ0n) is 14.1. The van der Waals surface area contributed by atoms with E-state index in [-0.39, 0.29) is 0 Å². The van der Waals surface area contributed by atoms with Gasteiger partial charge in [0, 0.05) is 19.0 Å². The van der Waals surface area contributed by atoms with E-state index in [1.807, 2.05) is 0 Å². The Bertz CT molecular complexity index is 340. The monoisotopic (exact) mass is 307 g/mol. The van der Waals surface area contributed by atoms with Crippen LogP contribution in [0.25, 0.3) is 0 Å². The van der Waals surface area contributed by atoms with Gasteiger partial charge in [-0.15, -0.1) is 0 Å². The van der Waals surface area contributed by atoms with Crippen LogP contribution in [0.2, 0.25) is 0 Å². The third-order valence-electron chi connectivity index (χ3n) is 5.90. The summed E-state index contributed by atoms with van der Waals surface area (Å²) in [7, 11) is 0. The zero-order valence-corrected chi connectivity index (χ0v) is 14.1. The third kappa shape index (κ3) is 4.45. The van der Waals surface area contributed by atoms with Crippen molar-refractivity contribution in [3.8, 4) is 0 Å². The second-order valence-electron chi connectivity index (χ2n) is 7.48. The van der Waals surface area contributed by atoms with Gasteiger partial charge in [-0.2, -0.15) is 0 Å². The molecule has 3 fully saturated rings. The van der Waals surface area contributed by atoms with E-state index in [4.69, 9.17) is 0 Å². The van der Waals surface area contributed by atoms with Gasteiger partial charge in [0.25, 0.3) is 0 Å². The highest BCUT2D eigenvalue weighted by Gasteiger charge is 2.28. The topological polar surface area (TPSA) is 35.6 Å². The highest BCUT2D eigenvalue weighted by atomic mass is 16.2. The molecule has 3 aliphatic heterocycles. The van der Waals surface area contributed by atoms with Gasteiger partial charge in [0.1, 0.15) is 0 Å². The summed E-state index contributed by atoms with van der Waals surface area (Å²) in [5.74, 6) is 1.60. The van der Waals surface area contributed by atoms with Crippen LogP contribution < -0.4 is 5.32 Å². The molecule has 3 rings (SSSR count). The minimum atomic E-state index is 0.299. The Labute approximate surface area is 135 Å². The lowest BCUT2D eigenvalue weighted by atomic mass is 9.90. The summed E-state index contributed by atoms with van der Waals surface area (Å²) in [5, 5.41) is 3.35. The predicted octanol–water partition coefficient (Wildman–Crippen LogP) is 2.10. The summed E-state index contributed by atoms with van der Waals surface area (Å²) in [6.07, 6.45) is 10.1. The molecular weight excluding hydrogens is 274 g/mol. The van der Waals surface area contributed by atoms with Gasteiger partial charge in [0.05, 0.1) is 0 Å². The highest BCUT2D eigenvalue weighted by molar-refractivity contribution is 5.79. The largest absolute Gasteiger partial charge is 0.342 e. The minimum Gasteiger partial charge on any atom is -0.342 e. The number of hydrogen-bond acceptors (Lipinski definition) is 3. The first kappa shape index (κ1) is 16.3. The molecule has 0 saturated carbocycles. The molecule has 4 nitrogen and oxygen atoms in total. The van der Waals surface area contributed by atoms with Crippen molar-refractivity contribution in [3.63, 3.8) is 0 Å². The maximum absolute atomic E-state index is 12.5. The molecule has 0 radical (unpaired) electrons. The predicted molar refractivity (Wildman–Crippen MR) is 89.8 cm³/mol. The van der Waals surface area contributed by atoms with Gasteiger partial charge in [0.2, 0.25) is 5.91 Å². The Balaban J connectivity index is 1.32. The average molecular weight is 307 g/mol. The van der Waals surface area contributed by atoms with E-state index >= 15 is 0 Å². The van der Waals surface area contributed by atoms with E-state index < -0.39 is 0 Å². The molecule has 0 spiro atoms. The zero-order chi connectivity index (χ0) is 15.2. The van der Waals surface area contributed by atoms with Crippen molar-refractivity contribution < 1.29 is 4.79 Å². The Kier molecular flexibility index (Phi) is 6.13. The van der Waals surface area contributed by atoms with Gasteiger partial charge >= 0.3 is 0 Å². The molecule has 0 atom stereocenters.